The fourth-order valence-corrected chi connectivity index (χ4v) is 15.0. The van der Waals surface area contributed by atoms with Crippen molar-refractivity contribution in [3.05, 3.63) is 214 Å². The van der Waals surface area contributed by atoms with Crippen LogP contribution < -0.4 is 0 Å². The van der Waals surface area contributed by atoms with E-state index in [2.05, 4.69) is 346 Å². The molecular weight excluding hydrogens is 1270 g/mol. The largest absolute Gasteiger partial charge is 0.353 e. The number of H-pyrrole nitrogens is 2. The number of rotatable bonds is 4. The number of aromatic nitrogens is 8. The summed E-state index contributed by atoms with van der Waals surface area (Å²) in [5, 5.41) is 4.37. The lowest BCUT2D eigenvalue weighted by atomic mass is 9.78. The van der Waals surface area contributed by atoms with Gasteiger partial charge in [-0.15, -0.1) is 0 Å². The van der Waals surface area contributed by atoms with Crippen molar-refractivity contribution in [2.45, 2.75) is 209 Å². The molecule has 8 nitrogen and oxygen atoms in total. The second-order valence-electron chi connectivity index (χ2n) is 38.0. The van der Waals surface area contributed by atoms with Crippen LogP contribution in [0.2, 0.25) is 0 Å². The minimum absolute atomic E-state index is 0.213. The topological polar surface area (TPSA) is 109 Å². The average molecular weight is 1370 g/mol. The van der Waals surface area contributed by atoms with Gasteiger partial charge in [-0.3, -0.25) is 0 Å². The molecule has 5 aromatic heterocycles. The minimum atomic E-state index is -0.264. The van der Waals surface area contributed by atoms with Crippen LogP contribution in [0.3, 0.4) is 0 Å². The van der Waals surface area contributed by atoms with E-state index >= 15 is 0 Å². The molecular formula is C96H102N8. The Balaban J connectivity index is 1.33. The summed E-state index contributed by atoms with van der Waals surface area (Å²) in [5.41, 5.74) is 28.0. The van der Waals surface area contributed by atoms with Gasteiger partial charge in [0.15, 0.2) is 0 Å². The Bertz CT molecular complexity index is 5490. The second-order valence-corrected chi connectivity index (χ2v) is 38.0. The molecule has 0 spiro atoms. The molecule has 0 saturated carbocycles. The van der Waals surface area contributed by atoms with Crippen molar-refractivity contribution in [3.8, 4) is 67.3 Å². The zero-order valence-electron chi connectivity index (χ0n) is 65.8. The van der Waals surface area contributed by atoms with Crippen molar-refractivity contribution >= 4 is 88.9 Å². The summed E-state index contributed by atoms with van der Waals surface area (Å²) in [6.45, 7) is 55.8. The summed E-state index contributed by atoms with van der Waals surface area (Å²) in [6, 6.07) is 59.3. The molecule has 8 heteroatoms. The van der Waals surface area contributed by atoms with Crippen molar-refractivity contribution < 1.29 is 0 Å². The lowest BCUT2D eigenvalue weighted by Gasteiger charge is -2.26. The number of hydrogen-bond acceptors (Lipinski definition) is 6. The third-order valence-corrected chi connectivity index (χ3v) is 21.7. The molecule has 8 aromatic carbocycles. The molecule has 526 valence electrons. The van der Waals surface area contributed by atoms with Crippen LogP contribution >= 0.6 is 0 Å². The Morgan fingerprint density at radius 2 is 0.481 bits per heavy atom. The number of benzene rings is 8. The van der Waals surface area contributed by atoms with E-state index in [9.17, 15) is 0 Å². The summed E-state index contributed by atoms with van der Waals surface area (Å²) >= 11 is 0. The van der Waals surface area contributed by atoms with E-state index < -0.39 is 0 Å². The summed E-state index contributed by atoms with van der Waals surface area (Å²) in [7, 11) is 0. The van der Waals surface area contributed by atoms with E-state index in [0.29, 0.717) is 28.3 Å². The normalized spacial score (nSPS) is 13.5. The van der Waals surface area contributed by atoms with E-state index in [1.54, 1.807) is 0 Å². The number of nitrogens with one attached hydrogen (secondary N) is 2. The fourth-order valence-electron chi connectivity index (χ4n) is 15.0. The smallest absolute Gasteiger partial charge is 0.118 e. The van der Waals surface area contributed by atoms with Gasteiger partial charge in [0.25, 0.3) is 0 Å². The Hall–Kier alpha value is -9.92. The van der Waals surface area contributed by atoms with Crippen molar-refractivity contribution in [1.29, 1.82) is 0 Å². The summed E-state index contributed by atoms with van der Waals surface area (Å²) in [4.78, 5) is 45.0. The number of nitrogens with zero attached hydrogens (tertiary/aromatic N) is 6. The molecule has 2 N–H and O–H groups in total. The molecule has 104 heavy (non-hydrogen) atoms. The monoisotopic (exact) mass is 1370 g/mol. The zero-order chi connectivity index (χ0) is 74.2. The quantitative estimate of drug-likeness (QED) is 0.182. The second kappa shape index (κ2) is 23.8. The van der Waals surface area contributed by atoms with Gasteiger partial charge in [0.1, 0.15) is 33.8 Å². The number of para-hydroxylation sites is 4. The van der Waals surface area contributed by atoms with Gasteiger partial charge in [-0.1, -0.05) is 287 Å². The molecule has 0 fully saturated rings. The van der Waals surface area contributed by atoms with Crippen molar-refractivity contribution in [1.82, 2.24) is 39.9 Å². The first-order chi connectivity index (χ1) is 48.5. The molecule has 0 amide bonds. The molecule has 0 unspecified atom stereocenters. The van der Waals surface area contributed by atoms with Gasteiger partial charge in [-0.05, 0) is 169 Å². The van der Waals surface area contributed by atoms with Gasteiger partial charge < -0.3 is 9.97 Å². The van der Waals surface area contributed by atoms with Crippen LogP contribution in [0.25, 0.3) is 156 Å². The highest BCUT2D eigenvalue weighted by atomic mass is 14.9. The highest BCUT2D eigenvalue weighted by Crippen LogP contribution is 2.52. The van der Waals surface area contributed by atoms with Gasteiger partial charge in [-0.25, -0.2) is 29.9 Å². The molecule has 2 aliphatic heterocycles. The maximum absolute atomic E-state index is 6.44. The predicted molar refractivity (Wildman–Crippen MR) is 444 cm³/mol. The van der Waals surface area contributed by atoms with Crippen molar-refractivity contribution in [3.63, 3.8) is 0 Å². The summed E-state index contributed by atoms with van der Waals surface area (Å²) in [5.74, 6) is 0. The van der Waals surface area contributed by atoms with Crippen LogP contribution in [0, 0.1) is 0 Å². The maximum Gasteiger partial charge on any atom is 0.118 e. The van der Waals surface area contributed by atoms with E-state index in [4.69, 9.17) is 29.9 Å². The molecule has 0 atom stereocenters. The number of fused-ring (bicyclic) bond motifs is 20. The van der Waals surface area contributed by atoms with Crippen LogP contribution in [0.15, 0.2) is 158 Å². The Morgan fingerprint density at radius 3 is 0.798 bits per heavy atom. The highest BCUT2D eigenvalue weighted by Gasteiger charge is 2.35. The minimum Gasteiger partial charge on any atom is -0.353 e. The molecule has 2 aliphatic rings. The molecule has 0 radical (unpaired) electrons. The summed E-state index contributed by atoms with van der Waals surface area (Å²) in [6.07, 6.45) is 4.54. The lowest BCUT2D eigenvalue weighted by Crippen LogP contribution is -2.16. The molecule has 15 rings (SSSR count). The first-order valence-electron chi connectivity index (χ1n) is 37.4. The van der Waals surface area contributed by atoms with E-state index in [-0.39, 0.29) is 43.3 Å². The van der Waals surface area contributed by atoms with Crippen LogP contribution in [0.5, 0.6) is 0 Å². The van der Waals surface area contributed by atoms with E-state index in [0.717, 1.165) is 127 Å². The predicted octanol–water partition coefficient (Wildman–Crippen LogP) is 26.2. The Kier molecular flexibility index (Phi) is 16.0. The van der Waals surface area contributed by atoms with Crippen LogP contribution in [0.4, 0.5) is 0 Å². The van der Waals surface area contributed by atoms with Crippen molar-refractivity contribution in [2.24, 2.45) is 0 Å². The lowest BCUT2D eigenvalue weighted by molar-refractivity contribution is 0.568. The number of aromatic amines is 2. The average Bonchev–Trinajstić information content (AvgIpc) is 1.55. The van der Waals surface area contributed by atoms with E-state index in [1.165, 1.54) is 44.5 Å². The Morgan fingerprint density at radius 1 is 0.231 bits per heavy atom. The SMILES string of the molecule is CC(C)(C)c1cc(-c2c3nc(c(-c4cc(C(C)(C)C)cc(C(C)(C)C)c4)c4[nH]c(c(-c5cc(C(C)(C)C)cc(C(C)(C)C)c5)c5nc(c(-c6cc(C(C)(C)C)cc(C(C)(C)C)c6)c6[nH]c2c2cc7ccccc7cc62)-c2nc6ccccc6nc2-5)c2nc5ccccc5nc42)C=C3)cc(C(C)(C)C)c1. The van der Waals surface area contributed by atoms with Crippen LogP contribution in [0.1, 0.15) is 222 Å². The van der Waals surface area contributed by atoms with Gasteiger partial charge in [-0.2, -0.15) is 0 Å². The maximum atomic E-state index is 6.44. The van der Waals surface area contributed by atoms with Crippen molar-refractivity contribution in [2.75, 3.05) is 0 Å². The fraction of sp³-hybridized carbons (Fsp3) is 0.333. The van der Waals surface area contributed by atoms with Gasteiger partial charge >= 0.3 is 0 Å². The standard InChI is InChI=1S/C96H102N8/c1-89(2,3)59-39-55(40-60(49-59)90(4,5)6)75-73-37-38-74(97-73)76(56-41-61(91(7,8)9)50-62(42-56)92(10,11)12)81-85-87(100-70-34-28-27-33-69(70)98-85)83(103-81)78(58-45-65(95(19,20)21)52-66(46-58)96(22,23)24)84-88-86(99-71-35-29-30-36-72(71)101-88)82(104-84)77(57-43-63(93(13,14)15)51-64(44-57)94(16,17)18)80-68-48-54-32-26-25-31-53(54)47-67(68)79(75)102-80/h25-52,102-103H,1-24H3. The third kappa shape index (κ3) is 12.4. The molecule has 0 saturated heterocycles. The zero-order valence-corrected chi connectivity index (χ0v) is 65.8. The Labute approximate surface area is 615 Å². The number of hydrogen-bond donors (Lipinski definition) is 2. The first-order valence-corrected chi connectivity index (χ1v) is 37.4. The van der Waals surface area contributed by atoms with Gasteiger partial charge in [0, 0.05) is 33.0 Å². The third-order valence-electron chi connectivity index (χ3n) is 21.7. The molecule has 0 aliphatic carbocycles. The van der Waals surface area contributed by atoms with Gasteiger partial charge in [0.2, 0.25) is 0 Å². The van der Waals surface area contributed by atoms with E-state index in [1.807, 2.05) is 0 Å². The van der Waals surface area contributed by atoms with Crippen LogP contribution in [-0.4, -0.2) is 39.9 Å². The first kappa shape index (κ1) is 69.8. The molecule has 13 aromatic rings. The van der Waals surface area contributed by atoms with Crippen LogP contribution in [-0.2, 0) is 43.3 Å². The van der Waals surface area contributed by atoms with Gasteiger partial charge in [0.05, 0.1) is 55.5 Å². The summed E-state index contributed by atoms with van der Waals surface area (Å²) < 4.78 is 0. The molecule has 8 bridgehead atoms. The highest BCUT2D eigenvalue weighted by molar-refractivity contribution is 6.22. The molecule has 7 heterocycles.